The molecule has 4 aromatic rings. The Morgan fingerprint density at radius 1 is 1.23 bits per heavy atom. The molecule has 0 saturated heterocycles. The van der Waals surface area contributed by atoms with Crippen molar-refractivity contribution in [2.75, 3.05) is 5.75 Å². The fourth-order valence-corrected chi connectivity index (χ4v) is 4.22. The quantitative estimate of drug-likeness (QED) is 0.310. The number of rotatable bonds is 7. The third-order valence-corrected chi connectivity index (χ3v) is 6.04. The molecule has 8 nitrogen and oxygen atoms in total. The molecule has 0 amide bonds. The van der Waals surface area contributed by atoms with Crippen LogP contribution in [0.25, 0.3) is 10.9 Å². The summed E-state index contributed by atoms with van der Waals surface area (Å²) in [5.74, 6) is 0.960. The fraction of sp³-hybridized carbons (Fsp3) is 0.190. The van der Waals surface area contributed by atoms with Gasteiger partial charge < -0.3 is 5.11 Å². The Bertz CT molecular complexity index is 1300. The van der Waals surface area contributed by atoms with Crippen LogP contribution in [0, 0.1) is 6.92 Å². The minimum absolute atomic E-state index is 0.137. The molecule has 0 spiro atoms. The summed E-state index contributed by atoms with van der Waals surface area (Å²) in [4.78, 5) is 16.9. The molecule has 0 aliphatic carbocycles. The number of aromatic nitrogens is 5. The van der Waals surface area contributed by atoms with Gasteiger partial charge in [0.15, 0.2) is 5.82 Å². The molecule has 4 rings (SSSR count). The maximum absolute atomic E-state index is 12.6. The Balaban J connectivity index is 1.44. The van der Waals surface area contributed by atoms with Crippen molar-refractivity contribution >= 4 is 44.8 Å². The molecule has 0 aliphatic heterocycles. The van der Waals surface area contributed by atoms with Crippen LogP contribution < -0.4 is 5.56 Å². The number of benzene rings is 2. The van der Waals surface area contributed by atoms with Crippen molar-refractivity contribution < 1.29 is 5.11 Å². The molecule has 0 fully saturated rings. The van der Waals surface area contributed by atoms with E-state index < -0.39 is 6.10 Å². The van der Waals surface area contributed by atoms with Gasteiger partial charge in [0, 0.05) is 10.2 Å². The summed E-state index contributed by atoms with van der Waals surface area (Å²) in [6, 6.07) is 14.9. The third kappa shape index (κ3) is 5.09. The fourth-order valence-electron chi connectivity index (χ4n) is 2.96. The maximum Gasteiger partial charge on any atom is 0.261 e. The number of hydrogen-bond donors (Lipinski definition) is 1. The zero-order valence-corrected chi connectivity index (χ0v) is 19.0. The monoisotopic (exact) mass is 498 g/mol. The summed E-state index contributed by atoms with van der Waals surface area (Å²) in [5, 5.41) is 24.3. The van der Waals surface area contributed by atoms with Crippen LogP contribution >= 0.6 is 27.7 Å². The SMILES string of the molecule is Cc1nnc(SCC(O)Cn2cnc3ccccc3c2=O)n1N=Cc1cccc(Br)c1. The van der Waals surface area contributed by atoms with Gasteiger partial charge in [0.2, 0.25) is 5.16 Å². The van der Waals surface area contributed by atoms with Gasteiger partial charge in [-0.25, -0.2) is 4.98 Å². The highest BCUT2D eigenvalue weighted by Crippen LogP contribution is 2.18. The molecule has 31 heavy (non-hydrogen) atoms. The topological polar surface area (TPSA) is 98.2 Å². The number of aryl methyl sites for hydroxylation is 1. The number of nitrogens with zero attached hydrogens (tertiary/aromatic N) is 6. The van der Waals surface area contributed by atoms with E-state index in [1.54, 1.807) is 29.1 Å². The molecule has 1 N–H and O–H groups in total. The standard InChI is InChI=1S/C21H19BrN6O2S/c1-14-25-26-21(28(14)24-10-15-5-4-6-16(22)9-15)31-12-17(29)11-27-13-23-19-8-3-2-7-18(19)20(27)30/h2-10,13,17,29H,11-12H2,1H3. The second kappa shape index (κ2) is 9.54. The van der Waals surface area contributed by atoms with Gasteiger partial charge in [-0.2, -0.15) is 9.78 Å². The van der Waals surface area contributed by atoms with Gasteiger partial charge in [-0.05, 0) is 36.8 Å². The van der Waals surface area contributed by atoms with Crippen molar-refractivity contribution in [3.8, 4) is 0 Å². The van der Waals surface area contributed by atoms with Crippen molar-refractivity contribution in [1.82, 2.24) is 24.4 Å². The van der Waals surface area contributed by atoms with Gasteiger partial charge in [0.05, 0.1) is 36.1 Å². The largest absolute Gasteiger partial charge is 0.390 e. The summed E-state index contributed by atoms with van der Waals surface area (Å²) >= 11 is 4.77. The molecule has 2 aromatic heterocycles. The van der Waals surface area contributed by atoms with E-state index in [4.69, 9.17) is 0 Å². The lowest BCUT2D eigenvalue weighted by Gasteiger charge is -2.12. The highest BCUT2D eigenvalue weighted by molar-refractivity contribution is 9.10. The lowest BCUT2D eigenvalue weighted by atomic mass is 10.2. The van der Waals surface area contributed by atoms with E-state index in [1.165, 1.54) is 22.7 Å². The Kier molecular flexibility index (Phi) is 6.59. The van der Waals surface area contributed by atoms with E-state index in [0.29, 0.717) is 27.6 Å². The number of halogens is 1. The van der Waals surface area contributed by atoms with Crippen molar-refractivity contribution in [2.45, 2.75) is 24.7 Å². The molecule has 2 heterocycles. The number of thioether (sulfide) groups is 1. The predicted octanol–water partition coefficient (Wildman–Crippen LogP) is 3.09. The molecule has 10 heteroatoms. The van der Waals surface area contributed by atoms with Crippen molar-refractivity contribution in [2.24, 2.45) is 5.10 Å². The smallest absolute Gasteiger partial charge is 0.261 e. The molecule has 0 aliphatic rings. The van der Waals surface area contributed by atoms with E-state index in [-0.39, 0.29) is 12.1 Å². The highest BCUT2D eigenvalue weighted by atomic mass is 79.9. The maximum atomic E-state index is 12.6. The van der Waals surface area contributed by atoms with E-state index in [9.17, 15) is 9.90 Å². The molecule has 2 aromatic carbocycles. The average molecular weight is 499 g/mol. The van der Waals surface area contributed by atoms with Crippen LogP contribution in [-0.4, -0.2) is 47.6 Å². The second-order valence-electron chi connectivity index (χ2n) is 6.83. The van der Waals surface area contributed by atoms with Gasteiger partial charge in [-0.1, -0.05) is 52.0 Å². The lowest BCUT2D eigenvalue weighted by Crippen LogP contribution is -2.28. The molecule has 1 atom stereocenters. The minimum Gasteiger partial charge on any atom is -0.390 e. The number of aliphatic hydroxyl groups excluding tert-OH is 1. The van der Waals surface area contributed by atoms with Gasteiger partial charge in [0.1, 0.15) is 0 Å². The zero-order chi connectivity index (χ0) is 21.8. The van der Waals surface area contributed by atoms with E-state index in [2.05, 4.69) is 36.2 Å². The summed E-state index contributed by atoms with van der Waals surface area (Å²) in [5.41, 5.74) is 1.40. The zero-order valence-electron chi connectivity index (χ0n) is 16.6. The molecular formula is C21H19BrN6O2S. The minimum atomic E-state index is -0.773. The summed E-state index contributed by atoms with van der Waals surface area (Å²) in [6.07, 6.45) is 2.42. The van der Waals surface area contributed by atoms with Crippen LogP contribution in [0.2, 0.25) is 0 Å². The lowest BCUT2D eigenvalue weighted by molar-refractivity contribution is 0.176. The van der Waals surface area contributed by atoms with Gasteiger partial charge in [-0.15, -0.1) is 10.2 Å². The van der Waals surface area contributed by atoms with E-state index in [1.807, 2.05) is 37.3 Å². The predicted molar refractivity (Wildman–Crippen MR) is 125 cm³/mol. The van der Waals surface area contributed by atoms with Crippen LogP contribution in [0.1, 0.15) is 11.4 Å². The first-order valence-electron chi connectivity index (χ1n) is 9.48. The first-order valence-corrected chi connectivity index (χ1v) is 11.3. The summed E-state index contributed by atoms with van der Waals surface area (Å²) in [6.45, 7) is 1.95. The molecule has 0 radical (unpaired) electrons. The Morgan fingerprint density at radius 2 is 2.06 bits per heavy atom. The van der Waals surface area contributed by atoms with Gasteiger partial charge in [0.25, 0.3) is 5.56 Å². The number of hydrogen-bond acceptors (Lipinski definition) is 7. The number of para-hydroxylation sites is 1. The Morgan fingerprint density at radius 3 is 2.90 bits per heavy atom. The first kappa shape index (κ1) is 21.4. The third-order valence-electron chi connectivity index (χ3n) is 4.48. The molecule has 1 unspecified atom stereocenters. The number of aliphatic hydroxyl groups is 1. The van der Waals surface area contributed by atoms with E-state index >= 15 is 0 Å². The van der Waals surface area contributed by atoms with Crippen LogP contribution in [0.15, 0.2) is 74.4 Å². The van der Waals surface area contributed by atoms with Crippen LogP contribution in [0.3, 0.4) is 0 Å². The number of fused-ring (bicyclic) bond motifs is 1. The molecule has 158 valence electrons. The normalized spacial score (nSPS) is 12.6. The van der Waals surface area contributed by atoms with Crippen molar-refractivity contribution in [1.29, 1.82) is 0 Å². The van der Waals surface area contributed by atoms with Crippen molar-refractivity contribution in [3.63, 3.8) is 0 Å². The average Bonchev–Trinajstić information content (AvgIpc) is 3.12. The van der Waals surface area contributed by atoms with Crippen molar-refractivity contribution in [3.05, 3.63) is 81.1 Å². The summed E-state index contributed by atoms with van der Waals surface area (Å²) in [7, 11) is 0. The van der Waals surface area contributed by atoms with Gasteiger partial charge >= 0.3 is 0 Å². The summed E-state index contributed by atoms with van der Waals surface area (Å²) < 4.78 is 4.02. The van der Waals surface area contributed by atoms with Crippen LogP contribution in [-0.2, 0) is 6.54 Å². The van der Waals surface area contributed by atoms with Crippen LogP contribution in [0.5, 0.6) is 0 Å². The molecular weight excluding hydrogens is 480 g/mol. The first-order chi connectivity index (χ1) is 15.0. The van der Waals surface area contributed by atoms with Gasteiger partial charge in [-0.3, -0.25) is 9.36 Å². The van der Waals surface area contributed by atoms with E-state index in [0.717, 1.165) is 10.0 Å². The Labute approximate surface area is 190 Å². The van der Waals surface area contributed by atoms with Crippen LogP contribution in [0.4, 0.5) is 0 Å². The Hall–Kier alpha value is -2.82. The molecule has 0 bridgehead atoms. The molecule has 0 saturated carbocycles. The highest BCUT2D eigenvalue weighted by Gasteiger charge is 2.14. The second-order valence-corrected chi connectivity index (χ2v) is 8.73.